The molecule has 42 heavy (non-hydrogen) atoms. The van der Waals surface area contributed by atoms with Crippen LogP contribution in [0.4, 0.5) is 28.2 Å². The first-order valence-corrected chi connectivity index (χ1v) is 14.5. The van der Waals surface area contributed by atoms with Crippen LogP contribution in [0.15, 0.2) is 40.0 Å². The largest absolute Gasteiger partial charge is 0.444 e. The summed E-state index contributed by atoms with van der Waals surface area (Å²) in [5.41, 5.74) is -1.83. The highest BCUT2D eigenvalue weighted by molar-refractivity contribution is 7.99. The SMILES string of the molecule is COC1CSc2c(-c3ccc(F)cc3)c(C(F)(F)F)cc3c(N4CCN(C(=O)OC(C)(C)C)CC4C)nc(=O)n(c23)C1. The summed E-state index contributed by atoms with van der Waals surface area (Å²) in [6.45, 7) is 7.93. The van der Waals surface area contributed by atoms with E-state index in [4.69, 9.17) is 9.47 Å². The number of nitrogens with zero attached hydrogens (tertiary/aromatic N) is 4. The summed E-state index contributed by atoms with van der Waals surface area (Å²) in [4.78, 5) is 34.1. The maximum Gasteiger partial charge on any atom is 0.417 e. The number of rotatable bonds is 3. The minimum Gasteiger partial charge on any atom is -0.444 e. The van der Waals surface area contributed by atoms with E-state index in [1.54, 1.807) is 30.6 Å². The molecule has 5 rings (SSSR count). The van der Waals surface area contributed by atoms with E-state index in [0.717, 1.165) is 18.2 Å². The van der Waals surface area contributed by atoms with Crippen LogP contribution < -0.4 is 10.6 Å². The molecule has 1 fully saturated rings. The molecule has 1 amide bonds. The second-order valence-electron chi connectivity index (χ2n) is 11.5. The fraction of sp³-hybridized carbons (Fsp3) is 0.483. The van der Waals surface area contributed by atoms with Crippen LogP contribution in [-0.2, 0) is 22.2 Å². The van der Waals surface area contributed by atoms with Gasteiger partial charge in [-0.15, -0.1) is 11.8 Å². The summed E-state index contributed by atoms with van der Waals surface area (Å²) in [5, 5.41) is 0.171. The first-order valence-electron chi connectivity index (χ1n) is 13.5. The van der Waals surface area contributed by atoms with Gasteiger partial charge in [0.2, 0.25) is 0 Å². The molecule has 0 N–H and O–H groups in total. The molecule has 2 aromatic carbocycles. The highest BCUT2D eigenvalue weighted by Crippen LogP contribution is 2.48. The van der Waals surface area contributed by atoms with E-state index in [0.29, 0.717) is 11.3 Å². The monoisotopic (exact) mass is 608 g/mol. The Morgan fingerprint density at radius 3 is 2.38 bits per heavy atom. The molecule has 226 valence electrons. The molecule has 1 aromatic heterocycles. The first kappa shape index (κ1) is 30.1. The van der Waals surface area contributed by atoms with Gasteiger partial charge in [-0.2, -0.15) is 18.2 Å². The Labute approximate surface area is 244 Å². The molecule has 0 aliphatic carbocycles. The van der Waals surface area contributed by atoms with Crippen molar-refractivity contribution in [3.05, 3.63) is 52.2 Å². The average molecular weight is 609 g/mol. The molecule has 2 aliphatic heterocycles. The highest BCUT2D eigenvalue weighted by Gasteiger charge is 2.39. The minimum atomic E-state index is -4.76. The number of anilines is 1. The number of amides is 1. The van der Waals surface area contributed by atoms with Gasteiger partial charge in [0.25, 0.3) is 0 Å². The Morgan fingerprint density at radius 2 is 1.79 bits per heavy atom. The van der Waals surface area contributed by atoms with Crippen molar-refractivity contribution in [1.82, 2.24) is 14.5 Å². The third kappa shape index (κ3) is 5.81. The van der Waals surface area contributed by atoms with Crippen LogP contribution in [0.1, 0.15) is 33.3 Å². The average Bonchev–Trinajstić information content (AvgIpc) is 3.10. The number of carbonyl (C=O) groups is 1. The lowest BCUT2D eigenvalue weighted by atomic mass is 9.96. The number of methoxy groups -OCH3 is 1. The van der Waals surface area contributed by atoms with Gasteiger partial charge in [0.15, 0.2) is 0 Å². The van der Waals surface area contributed by atoms with E-state index in [1.165, 1.54) is 35.6 Å². The normalized spacial score (nSPS) is 19.6. The highest BCUT2D eigenvalue weighted by atomic mass is 32.2. The number of halogens is 4. The van der Waals surface area contributed by atoms with E-state index < -0.39 is 41.0 Å². The molecule has 0 radical (unpaired) electrons. The maximum atomic E-state index is 14.8. The quantitative estimate of drug-likeness (QED) is 0.349. The molecule has 0 bridgehead atoms. The van der Waals surface area contributed by atoms with Crippen LogP contribution in [0.25, 0.3) is 22.0 Å². The molecular formula is C29H32F4N4O4S. The summed E-state index contributed by atoms with van der Waals surface area (Å²) < 4.78 is 70.5. The van der Waals surface area contributed by atoms with Gasteiger partial charge >= 0.3 is 18.0 Å². The van der Waals surface area contributed by atoms with Crippen molar-refractivity contribution in [2.24, 2.45) is 0 Å². The Morgan fingerprint density at radius 1 is 1.10 bits per heavy atom. The zero-order chi connectivity index (χ0) is 30.6. The second kappa shape index (κ2) is 11.1. The smallest absolute Gasteiger partial charge is 0.417 e. The molecule has 3 heterocycles. The first-order chi connectivity index (χ1) is 19.7. The fourth-order valence-corrected chi connectivity index (χ4v) is 6.71. The number of piperazine rings is 1. The van der Waals surface area contributed by atoms with Crippen molar-refractivity contribution >= 4 is 34.6 Å². The molecule has 8 nitrogen and oxygen atoms in total. The summed E-state index contributed by atoms with van der Waals surface area (Å²) in [7, 11) is 1.49. The van der Waals surface area contributed by atoms with Crippen LogP contribution >= 0.6 is 11.8 Å². The van der Waals surface area contributed by atoms with Crippen LogP contribution in [0.5, 0.6) is 0 Å². The lowest BCUT2D eigenvalue weighted by Crippen LogP contribution is -2.55. The van der Waals surface area contributed by atoms with Gasteiger partial charge < -0.3 is 19.3 Å². The number of aromatic nitrogens is 2. The van der Waals surface area contributed by atoms with Crippen LogP contribution in [-0.4, -0.2) is 70.8 Å². The molecule has 3 aromatic rings. The van der Waals surface area contributed by atoms with E-state index in [1.807, 2.05) is 6.92 Å². The third-order valence-corrected chi connectivity index (χ3v) is 8.55. The van der Waals surface area contributed by atoms with Gasteiger partial charge in [0.05, 0.1) is 23.7 Å². The Hall–Kier alpha value is -3.32. The lowest BCUT2D eigenvalue weighted by Gasteiger charge is -2.41. The van der Waals surface area contributed by atoms with Crippen LogP contribution in [0, 0.1) is 5.82 Å². The van der Waals surface area contributed by atoms with Gasteiger partial charge in [0.1, 0.15) is 17.2 Å². The lowest BCUT2D eigenvalue weighted by molar-refractivity contribution is -0.137. The van der Waals surface area contributed by atoms with Gasteiger partial charge in [-0.3, -0.25) is 4.57 Å². The fourth-order valence-electron chi connectivity index (χ4n) is 5.39. The molecule has 2 atom stereocenters. The van der Waals surface area contributed by atoms with Gasteiger partial charge in [0, 0.05) is 54.4 Å². The molecule has 2 unspecified atom stereocenters. The summed E-state index contributed by atoms with van der Waals surface area (Å²) in [5.74, 6) is -0.159. The summed E-state index contributed by atoms with van der Waals surface area (Å²) >= 11 is 1.17. The topological polar surface area (TPSA) is 76.9 Å². The van der Waals surface area contributed by atoms with Crippen molar-refractivity contribution in [2.45, 2.75) is 63.1 Å². The Kier molecular flexibility index (Phi) is 7.94. The van der Waals surface area contributed by atoms with Crippen LogP contribution in [0.2, 0.25) is 0 Å². The van der Waals surface area contributed by atoms with Crippen molar-refractivity contribution in [3.63, 3.8) is 0 Å². The van der Waals surface area contributed by atoms with Gasteiger partial charge in [-0.25, -0.2) is 14.0 Å². The minimum absolute atomic E-state index is 0.106. The van der Waals surface area contributed by atoms with Gasteiger partial charge in [-0.05, 0) is 51.5 Å². The predicted octanol–water partition coefficient (Wildman–Crippen LogP) is 5.79. The van der Waals surface area contributed by atoms with E-state index in [-0.39, 0.29) is 59.4 Å². The van der Waals surface area contributed by atoms with E-state index in [9.17, 15) is 27.2 Å². The third-order valence-electron chi connectivity index (χ3n) is 7.32. The molecule has 2 aliphatic rings. The zero-order valence-electron chi connectivity index (χ0n) is 23.9. The zero-order valence-corrected chi connectivity index (χ0v) is 24.7. The predicted molar refractivity (Wildman–Crippen MR) is 153 cm³/mol. The van der Waals surface area contributed by atoms with Gasteiger partial charge in [-0.1, -0.05) is 12.1 Å². The number of hydrogen-bond acceptors (Lipinski definition) is 7. The molecule has 13 heteroatoms. The number of alkyl halides is 3. The van der Waals surface area contributed by atoms with Crippen molar-refractivity contribution in [1.29, 1.82) is 0 Å². The number of hydrogen-bond donors (Lipinski definition) is 0. The summed E-state index contributed by atoms with van der Waals surface area (Å²) in [6, 6.07) is 5.51. The summed E-state index contributed by atoms with van der Waals surface area (Å²) in [6.07, 6.45) is -5.70. The van der Waals surface area contributed by atoms with Crippen molar-refractivity contribution in [2.75, 3.05) is 37.4 Å². The second-order valence-corrected chi connectivity index (χ2v) is 12.5. The van der Waals surface area contributed by atoms with Crippen LogP contribution in [0.3, 0.4) is 0 Å². The van der Waals surface area contributed by atoms with E-state index in [2.05, 4.69) is 4.98 Å². The Balaban J connectivity index is 1.71. The molecule has 0 saturated carbocycles. The number of ether oxygens (including phenoxy) is 2. The van der Waals surface area contributed by atoms with Crippen molar-refractivity contribution < 1.29 is 31.8 Å². The maximum absolute atomic E-state index is 14.8. The van der Waals surface area contributed by atoms with E-state index >= 15 is 0 Å². The standard InChI is InChI=1S/C29H32F4N4O4S/c1-16-13-35(27(39)41-28(2,3)4)10-11-36(16)25-20-12-21(29(31,32)33)22(17-6-8-18(30)9-7-17)24-23(20)37(26(38)34-25)14-19(40-5)15-42-24/h6-9,12,16,19H,10-11,13-15H2,1-5H3. The number of thioether (sulfide) groups is 1. The Bertz CT molecular complexity index is 1570. The van der Waals surface area contributed by atoms with Crippen molar-refractivity contribution in [3.8, 4) is 11.1 Å². The number of benzene rings is 2. The molecule has 1 saturated heterocycles. The number of carbonyl (C=O) groups excluding carboxylic acids is 1. The molecule has 0 spiro atoms. The molecular weight excluding hydrogens is 576 g/mol.